The lowest BCUT2D eigenvalue weighted by Crippen LogP contribution is -2.44. The van der Waals surface area contributed by atoms with Gasteiger partial charge in [-0.2, -0.15) is 5.10 Å². The van der Waals surface area contributed by atoms with E-state index in [4.69, 9.17) is 4.42 Å². The number of para-hydroxylation sites is 1. The number of hydrogen-bond acceptors (Lipinski definition) is 10. The third-order valence-corrected chi connectivity index (χ3v) is 15.4. The molecule has 17 heteroatoms. The summed E-state index contributed by atoms with van der Waals surface area (Å²) in [5, 5.41) is 9.32. The van der Waals surface area contributed by atoms with Crippen LogP contribution in [0, 0.1) is 23.7 Å². The highest BCUT2D eigenvalue weighted by atomic mass is 19.3. The summed E-state index contributed by atoms with van der Waals surface area (Å²) in [5.41, 5.74) is 3.65. The fourth-order valence-corrected chi connectivity index (χ4v) is 11.4. The van der Waals surface area contributed by atoms with E-state index in [2.05, 4.69) is 41.6 Å². The van der Waals surface area contributed by atoms with Crippen LogP contribution >= 0.6 is 0 Å². The first-order valence-electron chi connectivity index (χ1n) is 24.6. The van der Waals surface area contributed by atoms with Gasteiger partial charge in [-0.05, 0) is 151 Å². The second-order valence-corrected chi connectivity index (χ2v) is 20.1. The van der Waals surface area contributed by atoms with Crippen LogP contribution < -0.4 is 16.3 Å². The van der Waals surface area contributed by atoms with Gasteiger partial charge in [-0.1, -0.05) is 25.0 Å². The van der Waals surface area contributed by atoms with Crippen LogP contribution in [-0.2, 0) is 29.6 Å². The molecular formula is C50H62F2N10O5. The molecule has 4 aromatic heterocycles. The van der Waals surface area contributed by atoms with Gasteiger partial charge in [0, 0.05) is 50.2 Å². The number of nitrogens with zero attached hydrogens (tertiary/aromatic N) is 8. The van der Waals surface area contributed by atoms with Gasteiger partial charge in [0.25, 0.3) is 12.3 Å². The highest BCUT2D eigenvalue weighted by molar-refractivity contribution is 6.03. The average Bonchev–Trinajstić information content (AvgIpc) is 3.73. The van der Waals surface area contributed by atoms with Crippen LogP contribution in [0.2, 0.25) is 0 Å². The molecule has 3 aliphatic heterocycles. The number of aryl methyl sites for hydroxylation is 2. The fourth-order valence-electron chi connectivity index (χ4n) is 11.4. The maximum atomic E-state index is 14.2. The van der Waals surface area contributed by atoms with Crippen molar-refractivity contribution < 1.29 is 27.6 Å². The van der Waals surface area contributed by atoms with Gasteiger partial charge >= 0.3 is 5.69 Å². The molecule has 5 aromatic rings. The lowest BCUT2D eigenvalue weighted by molar-refractivity contribution is -0.135. The number of nitrogens with one attached hydrogen (secondary N) is 2. The van der Waals surface area contributed by atoms with E-state index in [1.54, 1.807) is 39.3 Å². The first kappa shape index (κ1) is 45.2. The van der Waals surface area contributed by atoms with Gasteiger partial charge in [-0.25, -0.2) is 18.6 Å². The number of piperidine rings is 3. The van der Waals surface area contributed by atoms with Crippen molar-refractivity contribution in [3.63, 3.8) is 0 Å². The van der Waals surface area contributed by atoms with Crippen molar-refractivity contribution in [3.05, 3.63) is 82.1 Å². The Kier molecular flexibility index (Phi) is 13.2. The summed E-state index contributed by atoms with van der Waals surface area (Å²) in [7, 11) is 1.77. The van der Waals surface area contributed by atoms with Crippen LogP contribution in [0.15, 0.2) is 58.2 Å². The lowest BCUT2D eigenvalue weighted by atomic mass is 9.82. The number of pyridine rings is 1. The topological polar surface area (TPSA) is 165 Å². The number of imide groups is 1. The minimum atomic E-state index is -2.84. The fraction of sp³-hybridized carbons (Fsp3) is 0.580. The predicted molar refractivity (Wildman–Crippen MR) is 247 cm³/mol. The molecule has 7 heterocycles. The Labute approximate surface area is 388 Å². The molecule has 0 bridgehead atoms. The smallest absolute Gasteiger partial charge is 0.329 e. The van der Waals surface area contributed by atoms with Crippen LogP contribution in [0.3, 0.4) is 0 Å². The molecule has 2 N–H and O–H groups in total. The first-order chi connectivity index (χ1) is 32.5. The molecule has 10 rings (SSSR count). The van der Waals surface area contributed by atoms with E-state index in [0.29, 0.717) is 23.8 Å². The monoisotopic (exact) mass is 920 g/mol. The summed E-state index contributed by atoms with van der Waals surface area (Å²) in [6, 6.07) is 8.95. The first-order valence-corrected chi connectivity index (χ1v) is 24.6. The molecule has 3 amide bonds. The molecule has 0 spiro atoms. The van der Waals surface area contributed by atoms with E-state index in [9.17, 15) is 28.0 Å². The summed E-state index contributed by atoms with van der Waals surface area (Å²) in [5.74, 6) is 1.73. The molecule has 1 aromatic carbocycles. The van der Waals surface area contributed by atoms with Crippen molar-refractivity contribution in [2.24, 2.45) is 30.7 Å². The number of imidazole rings is 1. The van der Waals surface area contributed by atoms with Crippen molar-refractivity contribution in [1.82, 2.24) is 44.0 Å². The summed E-state index contributed by atoms with van der Waals surface area (Å²) in [6.07, 6.45) is 16.5. The number of fused-ring (bicyclic) bond motifs is 1. The third-order valence-electron chi connectivity index (χ3n) is 15.4. The molecule has 5 fully saturated rings. The Balaban J connectivity index is 0.658. The molecule has 15 nitrogen and oxygen atoms in total. The largest absolute Gasteiger partial charge is 0.444 e. The van der Waals surface area contributed by atoms with Crippen molar-refractivity contribution in [2.75, 3.05) is 38.0 Å². The second kappa shape index (κ2) is 19.6. The number of aromatic nitrogens is 6. The maximum Gasteiger partial charge on any atom is 0.329 e. The molecular weight excluding hydrogens is 859 g/mol. The predicted octanol–water partition coefficient (Wildman–Crippen LogP) is 7.84. The van der Waals surface area contributed by atoms with E-state index in [1.165, 1.54) is 38.4 Å². The molecule has 2 saturated carbocycles. The van der Waals surface area contributed by atoms with Crippen LogP contribution in [0.25, 0.3) is 22.5 Å². The number of amides is 3. The lowest BCUT2D eigenvalue weighted by Gasteiger charge is -2.38. The number of carbonyl (C=O) groups is 3. The normalized spacial score (nSPS) is 22.8. The number of halogens is 2. The van der Waals surface area contributed by atoms with E-state index < -0.39 is 30.0 Å². The van der Waals surface area contributed by atoms with Gasteiger partial charge in [0.05, 0.1) is 22.8 Å². The zero-order valence-corrected chi connectivity index (χ0v) is 38.4. The number of oxazole rings is 1. The molecule has 5 aliphatic rings. The van der Waals surface area contributed by atoms with Gasteiger partial charge in [-0.3, -0.25) is 43.4 Å². The number of hydrogen-bond donors (Lipinski definition) is 2. The van der Waals surface area contributed by atoms with Gasteiger partial charge in [0.2, 0.25) is 17.7 Å². The molecule has 3 saturated heterocycles. The van der Waals surface area contributed by atoms with E-state index >= 15 is 0 Å². The van der Waals surface area contributed by atoms with Crippen molar-refractivity contribution in [2.45, 2.75) is 121 Å². The number of benzene rings is 1. The number of carbonyl (C=O) groups excluding carboxylic acids is 3. The summed E-state index contributed by atoms with van der Waals surface area (Å²) < 4.78 is 39.0. The van der Waals surface area contributed by atoms with E-state index in [-0.39, 0.29) is 41.3 Å². The summed E-state index contributed by atoms with van der Waals surface area (Å²) in [4.78, 5) is 65.1. The Bertz CT molecular complexity index is 2640. The van der Waals surface area contributed by atoms with E-state index in [0.717, 1.165) is 125 Å². The SMILES string of the molecule is Cn1c(=O)n(C2CCC(=O)NC2=O)c2cccc(CN3CCC(CC4CCN(CC5CCC(n6cc(NC(=O)c7coc(-c8ccnc(CCC9CC9)c8)n7)c(C(F)F)n6)CC5)CC4)CC3)c21. The molecule has 1 unspecified atom stereocenters. The van der Waals surface area contributed by atoms with Crippen molar-refractivity contribution >= 4 is 34.4 Å². The van der Waals surface area contributed by atoms with Gasteiger partial charge in [-0.15, -0.1) is 0 Å². The second-order valence-electron chi connectivity index (χ2n) is 20.1. The van der Waals surface area contributed by atoms with Crippen molar-refractivity contribution in [1.29, 1.82) is 0 Å². The quantitative estimate of drug-likeness (QED) is 0.0989. The summed E-state index contributed by atoms with van der Waals surface area (Å²) in [6.45, 7) is 6.07. The zero-order valence-electron chi connectivity index (χ0n) is 38.4. The van der Waals surface area contributed by atoms with Crippen LogP contribution in [-0.4, -0.2) is 89.1 Å². The molecule has 1 atom stereocenters. The molecule has 2 aliphatic carbocycles. The molecule has 356 valence electrons. The number of anilines is 1. The van der Waals surface area contributed by atoms with Crippen LogP contribution in [0.4, 0.5) is 14.5 Å². The van der Waals surface area contributed by atoms with Crippen molar-refractivity contribution in [3.8, 4) is 11.5 Å². The van der Waals surface area contributed by atoms with Crippen LogP contribution in [0.5, 0.6) is 0 Å². The van der Waals surface area contributed by atoms with Gasteiger partial charge in [0.15, 0.2) is 11.4 Å². The minimum Gasteiger partial charge on any atom is -0.444 e. The Hall–Kier alpha value is -5.55. The number of rotatable bonds is 15. The Morgan fingerprint density at radius 1 is 0.896 bits per heavy atom. The zero-order chi connectivity index (χ0) is 46.2. The van der Waals surface area contributed by atoms with Gasteiger partial charge < -0.3 is 14.6 Å². The molecule has 67 heavy (non-hydrogen) atoms. The maximum absolute atomic E-state index is 14.2. The summed E-state index contributed by atoms with van der Waals surface area (Å²) >= 11 is 0. The Morgan fingerprint density at radius 3 is 2.34 bits per heavy atom. The minimum absolute atomic E-state index is 0.00481. The Morgan fingerprint density at radius 2 is 1.63 bits per heavy atom. The van der Waals surface area contributed by atoms with Crippen LogP contribution in [0.1, 0.15) is 136 Å². The average molecular weight is 921 g/mol. The van der Waals surface area contributed by atoms with E-state index in [1.807, 2.05) is 18.2 Å². The highest BCUT2D eigenvalue weighted by Crippen LogP contribution is 2.38. The van der Waals surface area contributed by atoms with Gasteiger partial charge in [0.1, 0.15) is 12.3 Å². The standard InChI is InChI=1S/C50H62F2N10O5/c1-58-45-36(3-2-4-41(45)62(50(58)66)42-13-14-43(63)56-48(42)65)28-60-23-18-33(19-24-60)25-32-16-21-59(22-17-32)27-34-8-11-38(12-9-34)61-29-39(44(57-61)46(51)52)54-47(64)40-30-67-49(55-40)35-15-20-53-37(26-35)10-7-31-5-6-31/h2-4,15,20,26,29-34,38,42,46H,5-14,16-19,21-25,27-28H2,1H3,(H,54,64)(H,56,63,65). The molecule has 0 radical (unpaired) electrons. The third kappa shape index (κ3) is 10.2. The highest BCUT2D eigenvalue weighted by Gasteiger charge is 2.34. The number of alkyl halides is 2. The number of likely N-dealkylation sites (tertiary alicyclic amines) is 2.